The van der Waals surface area contributed by atoms with Crippen molar-refractivity contribution in [2.45, 2.75) is 12.8 Å². The minimum atomic E-state index is -1.05. The fourth-order valence-electron chi connectivity index (χ4n) is 3.18. The van der Waals surface area contributed by atoms with Crippen molar-refractivity contribution in [3.05, 3.63) is 85.8 Å². The van der Waals surface area contributed by atoms with Crippen molar-refractivity contribution >= 4 is 28.4 Å². The Hall–Kier alpha value is -3.68. The average molecular weight is 379 g/mol. The number of rotatable bonds is 3. The van der Waals surface area contributed by atoms with E-state index < -0.39 is 21.9 Å². The lowest BCUT2D eigenvalue weighted by Crippen LogP contribution is -2.13. The lowest BCUT2D eigenvalue weighted by Gasteiger charge is -2.16. The molecule has 28 heavy (non-hydrogen) atoms. The average Bonchev–Trinajstić information content (AvgIpc) is 2.70. The summed E-state index contributed by atoms with van der Waals surface area (Å²) in [7, 11) is 0. The molecule has 7 nitrogen and oxygen atoms in total. The van der Waals surface area contributed by atoms with Crippen LogP contribution in [-0.4, -0.2) is 22.2 Å². The number of nitro groups is 1. The molecule has 0 fully saturated rings. The van der Waals surface area contributed by atoms with Crippen molar-refractivity contribution in [1.29, 1.82) is 0 Å². The summed E-state index contributed by atoms with van der Waals surface area (Å²) in [4.78, 5) is 31.6. The van der Waals surface area contributed by atoms with Crippen molar-refractivity contribution in [2.75, 3.05) is 6.54 Å². The van der Waals surface area contributed by atoms with Crippen LogP contribution in [0.4, 0.5) is 10.1 Å². The van der Waals surface area contributed by atoms with Crippen LogP contribution in [-0.2, 0) is 0 Å². The molecule has 3 heterocycles. The van der Waals surface area contributed by atoms with Gasteiger partial charge in [-0.2, -0.15) is 4.39 Å². The lowest BCUT2D eigenvalue weighted by molar-refractivity contribution is -0.387. The van der Waals surface area contributed by atoms with E-state index in [1.165, 1.54) is 6.26 Å². The van der Waals surface area contributed by atoms with Crippen LogP contribution in [0.15, 0.2) is 62.7 Å². The van der Waals surface area contributed by atoms with Gasteiger partial charge in [0.25, 0.3) is 0 Å². The second-order valence-electron chi connectivity index (χ2n) is 6.32. The van der Waals surface area contributed by atoms with Crippen LogP contribution in [0.2, 0.25) is 0 Å². The van der Waals surface area contributed by atoms with Crippen molar-refractivity contribution in [3.63, 3.8) is 0 Å². The van der Waals surface area contributed by atoms with Gasteiger partial charge in [0.2, 0.25) is 5.82 Å². The highest BCUT2D eigenvalue weighted by molar-refractivity contribution is 6.15. The largest absolute Gasteiger partial charge is 0.463 e. The minimum Gasteiger partial charge on any atom is -0.463 e. The van der Waals surface area contributed by atoms with Crippen molar-refractivity contribution in [1.82, 2.24) is 4.98 Å². The maximum atomic E-state index is 13.8. The van der Waals surface area contributed by atoms with Gasteiger partial charge in [0.1, 0.15) is 11.8 Å². The summed E-state index contributed by atoms with van der Waals surface area (Å²) in [6.45, 7) is 0.680. The molecule has 0 saturated heterocycles. The maximum absolute atomic E-state index is 13.8. The van der Waals surface area contributed by atoms with E-state index in [2.05, 4.69) is 9.98 Å². The normalized spacial score (nSPS) is 15.6. The van der Waals surface area contributed by atoms with Crippen LogP contribution in [0.1, 0.15) is 24.0 Å². The summed E-state index contributed by atoms with van der Waals surface area (Å²) >= 11 is 0. The van der Waals surface area contributed by atoms with Gasteiger partial charge in [0.15, 0.2) is 5.43 Å². The number of aromatic nitrogens is 1. The highest BCUT2D eigenvalue weighted by Crippen LogP contribution is 2.25. The van der Waals surface area contributed by atoms with Crippen LogP contribution in [0, 0.1) is 15.9 Å². The van der Waals surface area contributed by atoms with E-state index in [-0.39, 0.29) is 16.5 Å². The van der Waals surface area contributed by atoms with Crippen LogP contribution >= 0.6 is 0 Å². The topological polar surface area (TPSA) is 98.6 Å². The first-order valence-electron chi connectivity index (χ1n) is 8.60. The Bertz CT molecular complexity index is 1200. The molecule has 0 bridgehead atoms. The summed E-state index contributed by atoms with van der Waals surface area (Å²) < 4.78 is 19.1. The zero-order chi connectivity index (χ0) is 19.7. The van der Waals surface area contributed by atoms with Crippen LogP contribution in [0.25, 0.3) is 17.0 Å². The zero-order valence-corrected chi connectivity index (χ0v) is 14.6. The first kappa shape index (κ1) is 17.7. The summed E-state index contributed by atoms with van der Waals surface area (Å²) in [6, 6.07) is 5.46. The third-order valence-electron chi connectivity index (χ3n) is 4.51. The molecule has 0 unspecified atom stereocenters. The second-order valence-corrected chi connectivity index (χ2v) is 6.32. The van der Waals surface area contributed by atoms with E-state index >= 15 is 0 Å². The van der Waals surface area contributed by atoms with Gasteiger partial charge in [-0.15, -0.1) is 0 Å². The minimum absolute atomic E-state index is 0.0416. The maximum Gasteiger partial charge on any atom is 0.305 e. The summed E-state index contributed by atoms with van der Waals surface area (Å²) in [5.74, 6) is -1.05. The predicted molar refractivity (Wildman–Crippen MR) is 102 cm³/mol. The van der Waals surface area contributed by atoms with Crippen LogP contribution in [0.3, 0.4) is 0 Å². The highest BCUT2D eigenvalue weighted by atomic mass is 19.1. The number of allylic oxidation sites excluding steroid dienone is 1. The van der Waals surface area contributed by atoms with E-state index in [1.807, 2.05) is 12.1 Å². The molecule has 1 aromatic carbocycles. The number of nitro benzene ring substituents is 1. The molecular weight excluding hydrogens is 365 g/mol. The number of pyridine rings is 1. The number of benzene rings is 1. The van der Waals surface area contributed by atoms with Gasteiger partial charge >= 0.3 is 5.69 Å². The quantitative estimate of drug-likeness (QED) is 0.508. The Morgan fingerprint density at radius 1 is 1.32 bits per heavy atom. The molecule has 1 aliphatic heterocycles. The number of aliphatic imine (C=N–C) groups is 1. The van der Waals surface area contributed by atoms with Gasteiger partial charge in [-0.05, 0) is 36.6 Å². The van der Waals surface area contributed by atoms with E-state index in [0.717, 1.165) is 41.8 Å². The van der Waals surface area contributed by atoms with Crippen molar-refractivity contribution < 1.29 is 13.7 Å². The van der Waals surface area contributed by atoms with Crippen molar-refractivity contribution in [2.24, 2.45) is 4.99 Å². The molecule has 140 valence electrons. The molecule has 0 radical (unpaired) electrons. The monoisotopic (exact) mass is 379 g/mol. The molecule has 0 spiro atoms. The summed E-state index contributed by atoms with van der Waals surface area (Å²) in [5.41, 5.74) is 1.40. The SMILES string of the molecule is O=c1c(/C=C2\CCCN=C2c2cccnc2)coc2cc(F)c([N+](=O)[O-])cc12. The number of halogens is 1. The molecule has 0 amide bonds. The predicted octanol–water partition coefficient (Wildman–Crippen LogP) is 3.90. The van der Waals surface area contributed by atoms with Gasteiger partial charge in [-0.3, -0.25) is 24.9 Å². The molecule has 4 rings (SSSR count). The van der Waals surface area contributed by atoms with Gasteiger partial charge in [0, 0.05) is 36.6 Å². The second kappa shape index (κ2) is 7.15. The molecular formula is C20H14FN3O4. The third kappa shape index (κ3) is 3.20. The van der Waals surface area contributed by atoms with Gasteiger partial charge in [-0.25, -0.2) is 0 Å². The molecule has 0 aliphatic carbocycles. The molecule has 2 aromatic heterocycles. The molecule has 0 saturated carbocycles. The van der Waals surface area contributed by atoms with E-state index in [9.17, 15) is 19.3 Å². The highest BCUT2D eigenvalue weighted by Gasteiger charge is 2.20. The van der Waals surface area contributed by atoms with Gasteiger partial charge < -0.3 is 4.42 Å². The Kier molecular flexibility index (Phi) is 4.52. The Morgan fingerprint density at radius 2 is 2.18 bits per heavy atom. The van der Waals surface area contributed by atoms with E-state index in [0.29, 0.717) is 6.54 Å². The Labute approximate surface area is 158 Å². The fraction of sp³-hybridized carbons (Fsp3) is 0.150. The first-order chi connectivity index (χ1) is 13.5. The van der Waals surface area contributed by atoms with Crippen molar-refractivity contribution in [3.8, 4) is 0 Å². The molecule has 0 atom stereocenters. The summed E-state index contributed by atoms with van der Waals surface area (Å²) in [5, 5.41) is 10.9. The standard InChI is InChI=1S/C20H14FN3O4/c21-16-9-18-15(8-17(16)24(26)27)20(25)14(11-28-18)7-12-3-2-6-23-19(12)13-4-1-5-22-10-13/h1,4-5,7-11H,2-3,6H2/b12-7+. The molecule has 3 aromatic rings. The number of hydrogen-bond acceptors (Lipinski definition) is 6. The van der Waals surface area contributed by atoms with Crippen LogP contribution in [0.5, 0.6) is 0 Å². The van der Waals surface area contributed by atoms with E-state index in [4.69, 9.17) is 4.42 Å². The van der Waals surface area contributed by atoms with Crippen LogP contribution < -0.4 is 5.43 Å². The van der Waals surface area contributed by atoms with Gasteiger partial charge in [0.05, 0.1) is 21.6 Å². The number of fused-ring (bicyclic) bond motifs is 1. The van der Waals surface area contributed by atoms with E-state index in [1.54, 1.807) is 18.5 Å². The lowest BCUT2D eigenvalue weighted by atomic mass is 9.95. The Balaban J connectivity index is 1.85. The summed E-state index contributed by atoms with van der Waals surface area (Å²) in [6.07, 6.45) is 7.83. The smallest absolute Gasteiger partial charge is 0.305 e. The number of hydrogen-bond donors (Lipinski definition) is 0. The molecule has 8 heteroatoms. The molecule has 0 N–H and O–H groups in total. The molecule has 1 aliphatic rings. The van der Waals surface area contributed by atoms with Gasteiger partial charge in [-0.1, -0.05) is 0 Å². The third-order valence-corrected chi connectivity index (χ3v) is 4.51. The fourth-order valence-corrected chi connectivity index (χ4v) is 3.18. The zero-order valence-electron chi connectivity index (χ0n) is 14.6. The number of nitrogens with zero attached hydrogens (tertiary/aromatic N) is 3. The first-order valence-corrected chi connectivity index (χ1v) is 8.60. The Morgan fingerprint density at radius 3 is 2.93 bits per heavy atom.